The van der Waals surface area contributed by atoms with Gasteiger partial charge >= 0.3 is 12.2 Å². The highest BCUT2D eigenvalue weighted by atomic mass is 19.4. The Morgan fingerprint density at radius 1 is 1.33 bits per heavy atom. The summed E-state index contributed by atoms with van der Waals surface area (Å²) in [6, 6.07) is 5.05. The van der Waals surface area contributed by atoms with Crippen molar-refractivity contribution < 1.29 is 27.8 Å². The van der Waals surface area contributed by atoms with Crippen LogP contribution in [0.2, 0.25) is 0 Å². The highest BCUT2D eigenvalue weighted by Gasteiger charge is 2.38. The SMILES string of the molecule is CC(C)(O)C1CCCN1C(=O)Nc1ccc(OCC(F)(F)F)cc1. The first kappa shape index (κ1) is 18.4. The van der Waals surface area contributed by atoms with Crippen LogP contribution in [0.3, 0.4) is 0 Å². The number of carbonyl (C=O) groups excluding carboxylic acids is 1. The minimum Gasteiger partial charge on any atom is -0.484 e. The first-order chi connectivity index (χ1) is 11.1. The van der Waals surface area contributed by atoms with Crippen LogP contribution in [0.1, 0.15) is 26.7 Å². The van der Waals surface area contributed by atoms with E-state index in [-0.39, 0.29) is 17.8 Å². The Labute approximate surface area is 138 Å². The molecule has 0 aromatic heterocycles. The zero-order chi connectivity index (χ0) is 18.0. The van der Waals surface area contributed by atoms with Gasteiger partial charge in [0.05, 0.1) is 11.6 Å². The predicted octanol–water partition coefficient (Wildman–Crippen LogP) is 3.39. The lowest BCUT2D eigenvalue weighted by atomic mass is 9.97. The maximum atomic E-state index is 12.3. The molecule has 1 fully saturated rings. The molecule has 1 aromatic rings. The van der Waals surface area contributed by atoms with Gasteiger partial charge in [0.1, 0.15) is 5.75 Å². The van der Waals surface area contributed by atoms with E-state index in [0.29, 0.717) is 12.2 Å². The van der Waals surface area contributed by atoms with Gasteiger partial charge in [-0.1, -0.05) is 0 Å². The number of likely N-dealkylation sites (tertiary alicyclic amines) is 1. The topological polar surface area (TPSA) is 61.8 Å². The Hall–Kier alpha value is -1.96. The van der Waals surface area contributed by atoms with Crippen molar-refractivity contribution in [2.24, 2.45) is 0 Å². The molecule has 0 aliphatic carbocycles. The molecule has 2 N–H and O–H groups in total. The van der Waals surface area contributed by atoms with E-state index in [4.69, 9.17) is 0 Å². The molecule has 1 heterocycles. The lowest BCUT2D eigenvalue weighted by Gasteiger charge is -2.33. The molecule has 1 atom stereocenters. The molecule has 1 aliphatic heterocycles. The van der Waals surface area contributed by atoms with Gasteiger partial charge in [0.15, 0.2) is 6.61 Å². The Bertz CT molecular complexity index is 567. The number of amides is 2. The Morgan fingerprint density at radius 3 is 2.50 bits per heavy atom. The van der Waals surface area contributed by atoms with Gasteiger partial charge in [-0.3, -0.25) is 0 Å². The van der Waals surface area contributed by atoms with E-state index in [1.54, 1.807) is 18.7 Å². The quantitative estimate of drug-likeness (QED) is 0.878. The van der Waals surface area contributed by atoms with Crippen molar-refractivity contribution >= 4 is 11.7 Å². The van der Waals surface area contributed by atoms with E-state index in [9.17, 15) is 23.1 Å². The molecule has 1 aromatic carbocycles. The molecule has 2 rings (SSSR count). The van der Waals surface area contributed by atoms with Crippen molar-refractivity contribution in [2.45, 2.75) is 44.5 Å². The second-order valence-corrected chi connectivity index (χ2v) is 6.36. The van der Waals surface area contributed by atoms with Crippen LogP contribution in [0.15, 0.2) is 24.3 Å². The summed E-state index contributed by atoms with van der Waals surface area (Å²) < 4.78 is 40.9. The van der Waals surface area contributed by atoms with E-state index < -0.39 is 18.4 Å². The number of ether oxygens (including phenoxy) is 1. The molecule has 5 nitrogen and oxygen atoms in total. The third-order valence-electron chi connectivity index (χ3n) is 3.84. The fourth-order valence-corrected chi connectivity index (χ4v) is 2.74. The highest BCUT2D eigenvalue weighted by Crippen LogP contribution is 2.27. The number of carbonyl (C=O) groups is 1. The number of urea groups is 1. The van der Waals surface area contributed by atoms with Crippen LogP contribution >= 0.6 is 0 Å². The second-order valence-electron chi connectivity index (χ2n) is 6.36. The Morgan fingerprint density at radius 2 is 1.96 bits per heavy atom. The normalized spacial score (nSPS) is 18.6. The maximum Gasteiger partial charge on any atom is 0.422 e. The second kappa shape index (κ2) is 6.88. The van der Waals surface area contributed by atoms with Gasteiger partial charge in [0.2, 0.25) is 0 Å². The summed E-state index contributed by atoms with van der Waals surface area (Å²) in [5, 5.41) is 12.8. The number of nitrogens with one attached hydrogen (secondary N) is 1. The number of benzene rings is 1. The van der Waals surface area contributed by atoms with E-state index in [0.717, 1.165) is 12.8 Å². The molecule has 1 aliphatic rings. The summed E-state index contributed by atoms with van der Waals surface area (Å²) in [7, 11) is 0. The summed E-state index contributed by atoms with van der Waals surface area (Å²) in [6.07, 6.45) is -2.86. The minimum absolute atomic E-state index is 0.0702. The monoisotopic (exact) mass is 346 g/mol. The average molecular weight is 346 g/mol. The van der Waals surface area contributed by atoms with Gasteiger partial charge in [-0.05, 0) is 51.0 Å². The van der Waals surface area contributed by atoms with E-state index >= 15 is 0 Å². The molecule has 2 amide bonds. The van der Waals surface area contributed by atoms with Gasteiger partial charge < -0.3 is 20.1 Å². The molecule has 0 spiro atoms. The number of alkyl halides is 3. The number of nitrogens with zero attached hydrogens (tertiary/aromatic N) is 1. The van der Waals surface area contributed by atoms with Crippen molar-refractivity contribution in [3.63, 3.8) is 0 Å². The average Bonchev–Trinajstić information content (AvgIpc) is 2.95. The summed E-state index contributed by atoms with van der Waals surface area (Å²) in [5.74, 6) is 0.0702. The number of rotatable bonds is 4. The number of hydrogen-bond acceptors (Lipinski definition) is 3. The van der Waals surface area contributed by atoms with Gasteiger partial charge in [-0.15, -0.1) is 0 Å². The van der Waals surface area contributed by atoms with E-state index in [2.05, 4.69) is 10.1 Å². The smallest absolute Gasteiger partial charge is 0.422 e. The molecular weight excluding hydrogens is 325 g/mol. The molecule has 1 unspecified atom stereocenters. The first-order valence-electron chi connectivity index (χ1n) is 7.66. The number of halogens is 3. The van der Waals surface area contributed by atoms with Gasteiger partial charge in [0.25, 0.3) is 0 Å². The summed E-state index contributed by atoms with van der Waals surface area (Å²) in [6.45, 7) is 2.51. The maximum absolute atomic E-state index is 12.3. The summed E-state index contributed by atoms with van der Waals surface area (Å²) in [4.78, 5) is 13.9. The molecular formula is C16H21F3N2O3. The zero-order valence-corrected chi connectivity index (χ0v) is 13.6. The zero-order valence-electron chi connectivity index (χ0n) is 13.6. The number of hydrogen-bond donors (Lipinski definition) is 2. The largest absolute Gasteiger partial charge is 0.484 e. The van der Waals surface area contributed by atoms with Gasteiger partial charge in [0, 0.05) is 12.2 Å². The number of anilines is 1. The lowest BCUT2D eigenvalue weighted by Crippen LogP contribution is -2.49. The molecule has 0 radical (unpaired) electrons. The van der Waals surface area contributed by atoms with Gasteiger partial charge in [-0.2, -0.15) is 13.2 Å². The Balaban J connectivity index is 1.95. The summed E-state index contributed by atoms with van der Waals surface area (Å²) >= 11 is 0. The van der Waals surface area contributed by atoms with Crippen LogP contribution < -0.4 is 10.1 Å². The fourth-order valence-electron chi connectivity index (χ4n) is 2.74. The molecule has 24 heavy (non-hydrogen) atoms. The van der Waals surface area contributed by atoms with Gasteiger partial charge in [-0.25, -0.2) is 4.79 Å². The predicted molar refractivity (Wildman–Crippen MR) is 83.0 cm³/mol. The molecule has 1 saturated heterocycles. The number of aliphatic hydroxyl groups is 1. The van der Waals surface area contributed by atoms with Crippen LogP contribution in [0.5, 0.6) is 5.75 Å². The van der Waals surface area contributed by atoms with Crippen LogP contribution in [0.4, 0.5) is 23.7 Å². The van der Waals surface area contributed by atoms with Crippen LogP contribution in [0, 0.1) is 0 Å². The molecule has 134 valence electrons. The van der Waals surface area contributed by atoms with Crippen LogP contribution in [-0.4, -0.2) is 47.0 Å². The standard InChI is InChI=1S/C16H21F3N2O3/c1-15(2,23)13-4-3-9-21(13)14(22)20-11-5-7-12(8-6-11)24-10-16(17,18)19/h5-8,13,23H,3-4,9-10H2,1-2H3,(H,20,22). The van der Waals surface area contributed by atoms with Crippen molar-refractivity contribution in [2.75, 3.05) is 18.5 Å². The molecule has 8 heteroatoms. The molecule has 0 bridgehead atoms. The van der Waals surface area contributed by atoms with Crippen molar-refractivity contribution in [3.8, 4) is 5.75 Å². The van der Waals surface area contributed by atoms with E-state index in [1.165, 1.54) is 24.3 Å². The first-order valence-corrected chi connectivity index (χ1v) is 7.66. The van der Waals surface area contributed by atoms with Crippen LogP contribution in [-0.2, 0) is 0 Å². The third-order valence-corrected chi connectivity index (χ3v) is 3.84. The molecule has 0 saturated carbocycles. The highest BCUT2D eigenvalue weighted by molar-refractivity contribution is 5.89. The van der Waals surface area contributed by atoms with Crippen molar-refractivity contribution in [3.05, 3.63) is 24.3 Å². The van der Waals surface area contributed by atoms with E-state index in [1.807, 2.05) is 0 Å². The van der Waals surface area contributed by atoms with Crippen molar-refractivity contribution in [1.82, 2.24) is 4.90 Å². The van der Waals surface area contributed by atoms with Crippen LogP contribution in [0.25, 0.3) is 0 Å². The minimum atomic E-state index is -4.39. The lowest BCUT2D eigenvalue weighted by molar-refractivity contribution is -0.153. The fraction of sp³-hybridized carbons (Fsp3) is 0.562. The Kier molecular flexibility index (Phi) is 5.27. The third kappa shape index (κ3) is 5.02. The summed E-state index contributed by atoms with van der Waals surface area (Å²) in [5.41, 5.74) is -0.552. The van der Waals surface area contributed by atoms with Crippen molar-refractivity contribution in [1.29, 1.82) is 0 Å².